The van der Waals surface area contributed by atoms with Gasteiger partial charge in [-0.2, -0.15) is 4.31 Å². The van der Waals surface area contributed by atoms with E-state index in [2.05, 4.69) is 10.6 Å². The number of hydrogen-bond donors (Lipinski definition) is 3. The van der Waals surface area contributed by atoms with Crippen LogP contribution >= 0.6 is 0 Å². The van der Waals surface area contributed by atoms with Gasteiger partial charge in [-0.25, -0.2) is 22.8 Å². The summed E-state index contributed by atoms with van der Waals surface area (Å²) in [4.78, 5) is 53.7. The number of amides is 3. The Morgan fingerprint density at radius 2 is 1.59 bits per heavy atom. The molecule has 3 aromatic rings. The minimum absolute atomic E-state index is 0.0671. The molecule has 3 N–H and O–H groups in total. The van der Waals surface area contributed by atoms with Gasteiger partial charge in [0.15, 0.2) is 6.04 Å². The van der Waals surface area contributed by atoms with Crippen molar-refractivity contribution in [2.45, 2.75) is 75.9 Å². The Balaban J connectivity index is 1.23. The van der Waals surface area contributed by atoms with Crippen molar-refractivity contribution in [2.75, 3.05) is 18.4 Å². The van der Waals surface area contributed by atoms with Gasteiger partial charge in [0.05, 0.1) is 5.75 Å². The fraction of sp³-hybridized carbons (Fsp3) is 0.389. The first kappa shape index (κ1) is 35.6. The van der Waals surface area contributed by atoms with Gasteiger partial charge in [0.25, 0.3) is 0 Å². The Morgan fingerprint density at radius 1 is 0.918 bits per heavy atom. The van der Waals surface area contributed by atoms with Gasteiger partial charge < -0.3 is 25.4 Å². The van der Waals surface area contributed by atoms with Crippen LogP contribution < -0.4 is 10.6 Å². The van der Waals surface area contributed by atoms with Gasteiger partial charge in [0.2, 0.25) is 15.9 Å². The van der Waals surface area contributed by atoms with E-state index >= 15 is 0 Å². The minimum Gasteiger partial charge on any atom is -0.480 e. The van der Waals surface area contributed by atoms with Crippen LogP contribution in [0.25, 0.3) is 0 Å². The lowest BCUT2D eigenvalue weighted by atomic mass is 9.92. The lowest BCUT2D eigenvalue weighted by molar-refractivity contribution is -0.161. The van der Waals surface area contributed by atoms with Crippen LogP contribution in [0.3, 0.4) is 0 Å². The number of fused-ring (bicyclic) bond motifs is 1. The van der Waals surface area contributed by atoms with E-state index in [1.54, 1.807) is 75.4 Å². The molecule has 3 amide bonds. The maximum absolute atomic E-state index is 13.5. The minimum atomic E-state index is -3.81. The van der Waals surface area contributed by atoms with Crippen LogP contribution in [0.4, 0.5) is 10.5 Å². The second kappa shape index (κ2) is 14.8. The van der Waals surface area contributed by atoms with Crippen molar-refractivity contribution in [3.63, 3.8) is 0 Å². The summed E-state index contributed by atoms with van der Waals surface area (Å²) in [6.45, 7) is 5.80. The molecule has 0 aliphatic carbocycles. The van der Waals surface area contributed by atoms with E-state index in [-0.39, 0.29) is 25.1 Å². The number of carbonyl (C=O) groups excluding carboxylic acids is 3. The highest BCUT2D eigenvalue weighted by Crippen LogP contribution is 2.33. The van der Waals surface area contributed by atoms with Crippen molar-refractivity contribution in [1.29, 1.82) is 0 Å². The Hall–Kier alpha value is -4.75. The first-order valence-electron chi connectivity index (χ1n) is 16.3. The second-order valence-corrected chi connectivity index (χ2v) is 15.2. The summed E-state index contributed by atoms with van der Waals surface area (Å²) in [6.07, 6.45) is 1.28. The summed E-state index contributed by atoms with van der Waals surface area (Å²) in [7, 11) is -3.81. The van der Waals surface area contributed by atoms with Gasteiger partial charge in [-0.3, -0.25) is 4.79 Å². The van der Waals surface area contributed by atoms with E-state index in [0.717, 1.165) is 5.56 Å². The van der Waals surface area contributed by atoms with Crippen LogP contribution in [0.1, 0.15) is 61.9 Å². The number of benzene rings is 3. The van der Waals surface area contributed by atoms with Crippen LogP contribution in [0.5, 0.6) is 0 Å². The molecule has 13 heteroatoms. The number of hydrogen-bond acceptors (Lipinski definition) is 7. The molecular weight excluding hydrogens is 648 g/mol. The molecule has 3 aromatic carbocycles. The zero-order valence-corrected chi connectivity index (χ0v) is 28.6. The molecule has 0 radical (unpaired) electrons. The second-order valence-electron chi connectivity index (χ2n) is 13.3. The molecule has 5 rings (SSSR count). The standard InChI is InChI=1S/C36H42N4O8S/c1-36(2,3)48-34(44)31-28-13-8-7-12-26(28)19-21-39(31)35(45)37-27-17-15-24(16-18-27)22-29(33(42)43)38-32(41)30-14-9-20-40(30)49(46,47)23-25-10-5-4-6-11-25/h4-8,10-13,15-18,29-31H,9,14,19-23H2,1-3H3,(H,37,45)(H,38,41)(H,42,43)/t29-,30-,31?/m0/s1. The third kappa shape index (κ3) is 8.84. The zero-order valence-electron chi connectivity index (χ0n) is 27.8. The molecule has 2 heterocycles. The predicted molar refractivity (Wildman–Crippen MR) is 183 cm³/mol. The fourth-order valence-corrected chi connectivity index (χ4v) is 8.00. The van der Waals surface area contributed by atoms with Gasteiger partial charge in [0, 0.05) is 25.2 Å². The maximum atomic E-state index is 13.5. The molecule has 0 bridgehead atoms. The molecule has 0 saturated carbocycles. The fourth-order valence-electron chi connectivity index (χ4n) is 6.22. The largest absolute Gasteiger partial charge is 0.480 e. The summed E-state index contributed by atoms with van der Waals surface area (Å²) in [5.41, 5.74) is 2.54. The molecule has 1 fully saturated rings. The van der Waals surface area contributed by atoms with Crippen molar-refractivity contribution in [3.8, 4) is 0 Å². The molecule has 1 unspecified atom stereocenters. The Morgan fingerprint density at radius 3 is 2.27 bits per heavy atom. The predicted octanol–water partition coefficient (Wildman–Crippen LogP) is 4.27. The van der Waals surface area contributed by atoms with Crippen molar-refractivity contribution in [3.05, 3.63) is 101 Å². The van der Waals surface area contributed by atoms with Gasteiger partial charge >= 0.3 is 18.0 Å². The summed E-state index contributed by atoms with van der Waals surface area (Å²) < 4.78 is 33.2. The Labute approximate surface area is 286 Å². The SMILES string of the molecule is CC(C)(C)OC(=O)C1c2ccccc2CCN1C(=O)Nc1ccc(C[C@H](NC(=O)[C@@H]2CCCN2S(=O)(=O)Cc2ccccc2)C(=O)O)cc1. The number of carboxylic acid groups (broad SMARTS) is 1. The number of rotatable bonds is 10. The molecule has 1 saturated heterocycles. The zero-order chi connectivity index (χ0) is 35.3. The van der Waals surface area contributed by atoms with Crippen molar-refractivity contribution < 1.29 is 37.4 Å². The first-order chi connectivity index (χ1) is 23.2. The van der Waals surface area contributed by atoms with Gasteiger partial charge in [-0.1, -0.05) is 66.7 Å². The Bertz CT molecular complexity index is 1790. The van der Waals surface area contributed by atoms with Crippen molar-refractivity contribution >= 4 is 39.6 Å². The molecule has 3 atom stereocenters. The number of nitrogens with zero attached hydrogens (tertiary/aromatic N) is 2. The average molecular weight is 691 g/mol. The van der Waals surface area contributed by atoms with E-state index in [1.165, 1.54) is 9.21 Å². The van der Waals surface area contributed by atoms with Crippen LogP contribution in [0.15, 0.2) is 78.9 Å². The number of sulfonamides is 1. The highest BCUT2D eigenvalue weighted by Gasteiger charge is 2.40. The third-order valence-corrected chi connectivity index (χ3v) is 10.3. The number of aliphatic carboxylic acids is 1. The topological polar surface area (TPSA) is 162 Å². The van der Waals surface area contributed by atoms with Gasteiger partial charge in [0.1, 0.15) is 17.7 Å². The molecule has 12 nitrogen and oxygen atoms in total. The maximum Gasteiger partial charge on any atom is 0.334 e. The highest BCUT2D eigenvalue weighted by molar-refractivity contribution is 7.88. The number of esters is 1. The third-order valence-electron chi connectivity index (χ3n) is 8.49. The number of anilines is 1. The summed E-state index contributed by atoms with van der Waals surface area (Å²) in [5.74, 6) is -2.70. The van der Waals surface area contributed by atoms with E-state index in [4.69, 9.17) is 4.74 Å². The molecule has 2 aliphatic heterocycles. The van der Waals surface area contributed by atoms with Gasteiger partial charge in [-0.05, 0) is 74.4 Å². The number of carbonyl (C=O) groups is 4. The quantitative estimate of drug-likeness (QED) is 0.266. The number of nitrogens with one attached hydrogen (secondary N) is 2. The molecular formula is C36H42N4O8S. The number of carboxylic acids is 1. The van der Waals surface area contributed by atoms with Crippen molar-refractivity contribution in [1.82, 2.24) is 14.5 Å². The molecule has 49 heavy (non-hydrogen) atoms. The summed E-state index contributed by atoms with van der Waals surface area (Å²) in [5, 5.41) is 15.3. The smallest absolute Gasteiger partial charge is 0.334 e. The molecule has 2 aliphatic rings. The van der Waals surface area contributed by atoms with Crippen LogP contribution in [0, 0.1) is 0 Å². The van der Waals surface area contributed by atoms with Crippen LogP contribution in [-0.4, -0.2) is 77.4 Å². The number of ether oxygens (including phenoxy) is 1. The average Bonchev–Trinajstić information content (AvgIpc) is 3.56. The first-order valence-corrected chi connectivity index (χ1v) is 17.9. The molecule has 0 spiro atoms. The number of urea groups is 1. The summed E-state index contributed by atoms with van der Waals surface area (Å²) in [6, 6.07) is 18.9. The van der Waals surface area contributed by atoms with E-state index in [1.807, 2.05) is 24.3 Å². The monoisotopic (exact) mass is 690 g/mol. The lowest BCUT2D eigenvalue weighted by Gasteiger charge is -2.37. The molecule has 260 valence electrons. The highest BCUT2D eigenvalue weighted by atomic mass is 32.2. The van der Waals surface area contributed by atoms with Crippen LogP contribution in [-0.2, 0) is 47.7 Å². The Kier molecular flexibility index (Phi) is 10.7. The van der Waals surface area contributed by atoms with E-state index < -0.39 is 57.6 Å². The normalized spacial score (nSPS) is 18.6. The van der Waals surface area contributed by atoms with Crippen LogP contribution in [0.2, 0.25) is 0 Å². The van der Waals surface area contributed by atoms with Gasteiger partial charge in [-0.15, -0.1) is 0 Å². The van der Waals surface area contributed by atoms with Crippen molar-refractivity contribution in [2.24, 2.45) is 0 Å². The molecule has 0 aromatic heterocycles. The lowest BCUT2D eigenvalue weighted by Crippen LogP contribution is -2.51. The summed E-state index contributed by atoms with van der Waals surface area (Å²) >= 11 is 0. The van der Waals surface area contributed by atoms with E-state index in [0.29, 0.717) is 41.8 Å². The van der Waals surface area contributed by atoms with E-state index in [9.17, 15) is 32.7 Å².